The smallest absolute Gasteiger partial charge is 0.435 e. The molecule has 0 N–H and O–H groups in total. The molecular weight excluding hydrogens is 340 g/mol. The number of allylic oxidation sites excluding steroid dienone is 5. The quantitative estimate of drug-likeness (QED) is 0.220. The average Bonchev–Trinajstić information content (AvgIpc) is 3.20. The molecule has 0 saturated carbocycles. The highest BCUT2D eigenvalue weighted by atomic mass is 16.7. The summed E-state index contributed by atoms with van der Waals surface area (Å²) < 4.78 is 15.3. The first kappa shape index (κ1) is 23.5. The van der Waals surface area contributed by atoms with E-state index in [1.54, 1.807) is 6.92 Å². The molecule has 1 aliphatic heterocycles. The van der Waals surface area contributed by atoms with E-state index in [1.807, 2.05) is 6.08 Å². The Morgan fingerprint density at radius 1 is 0.926 bits per heavy atom. The van der Waals surface area contributed by atoms with Gasteiger partial charge in [-0.3, -0.25) is 0 Å². The SMILES string of the molecule is CCOC(=O)OC/C=C(\C)CC/C=C(\C)CC/C=C(\C)CCC1OC1(C)C. The average molecular weight is 379 g/mol. The van der Waals surface area contributed by atoms with Crippen LogP contribution >= 0.6 is 0 Å². The van der Waals surface area contributed by atoms with Crippen molar-refractivity contribution in [2.24, 2.45) is 0 Å². The Labute approximate surface area is 165 Å². The Hall–Kier alpha value is -1.55. The van der Waals surface area contributed by atoms with Gasteiger partial charge in [-0.2, -0.15) is 0 Å². The second kappa shape index (κ2) is 12.0. The molecule has 1 unspecified atom stereocenters. The maximum atomic E-state index is 11.1. The molecule has 0 bridgehead atoms. The molecule has 0 aromatic rings. The molecule has 4 nitrogen and oxygen atoms in total. The van der Waals surface area contributed by atoms with Crippen molar-refractivity contribution in [2.45, 2.75) is 91.8 Å². The number of carbonyl (C=O) groups excluding carboxylic acids is 1. The molecule has 0 aromatic heterocycles. The summed E-state index contributed by atoms with van der Waals surface area (Å²) in [7, 11) is 0. The molecule has 0 radical (unpaired) electrons. The predicted octanol–water partition coefficient (Wildman–Crippen LogP) is 6.52. The van der Waals surface area contributed by atoms with Gasteiger partial charge in [0.05, 0.1) is 18.3 Å². The maximum absolute atomic E-state index is 11.1. The Balaban J connectivity index is 2.15. The van der Waals surface area contributed by atoms with Crippen LogP contribution in [0.5, 0.6) is 0 Å². The first-order valence-electron chi connectivity index (χ1n) is 10.2. The van der Waals surface area contributed by atoms with E-state index in [-0.39, 0.29) is 12.2 Å². The van der Waals surface area contributed by atoms with Crippen LogP contribution in [0.4, 0.5) is 4.79 Å². The number of ether oxygens (including phenoxy) is 3. The molecule has 0 aromatic carbocycles. The summed E-state index contributed by atoms with van der Waals surface area (Å²) in [5.74, 6) is 0. The fourth-order valence-corrected chi connectivity index (χ4v) is 2.91. The molecule has 154 valence electrons. The van der Waals surface area contributed by atoms with E-state index in [0.29, 0.717) is 12.7 Å². The van der Waals surface area contributed by atoms with Crippen molar-refractivity contribution in [1.82, 2.24) is 0 Å². The van der Waals surface area contributed by atoms with E-state index in [4.69, 9.17) is 14.2 Å². The van der Waals surface area contributed by atoms with Gasteiger partial charge in [-0.25, -0.2) is 4.79 Å². The molecule has 1 fully saturated rings. The molecule has 0 amide bonds. The lowest BCUT2D eigenvalue weighted by atomic mass is 10.0. The summed E-state index contributed by atoms with van der Waals surface area (Å²) in [4.78, 5) is 11.1. The van der Waals surface area contributed by atoms with Gasteiger partial charge in [0.1, 0.15) is 6.61 Å². The van der Waals surface area contributed by atoms with Gasteiger partial charge in [0.15, 0.2) is 0 Å². The minimum absolute atomic E-state index is 0.108. The summed E-state index contributed by atoms with van der Waals surface area (Å²) in [6.07, 6.45) is 12.9. The van der Waals surface area contributed by atoms with Crippen molar-refractivity contribution in [3.05, 3.63) is 34.9 Å². The van der Waals surface area contributed by atoms with Crippen LogP contribution in [0.25, 0.3) is 0 Å². The zero-order valence-corrected chi connectivity index (χ0v) is 18.1. The van der Waals surface area contributed by atoms with Gasteiger partial charge in [-0.05, 0) is 86.1 Å². The fourth-order valence-electron chi connectivity index (χ4n) is 2.91. The lowest BCUT2D eigenvalue weighted by molar-refractivity contribution is 0.0672. The van der Waals surface area contributed by atoms with Gasteiger partial charge in [-0.1, -0.05) is 28.9 Å². The largest absolute Gasteiger partial charge is 0.508 e. The Morgan fingerprint density at radius 3 is 1.96 bits per heavy atom. The highest BCUT2D eigenvalue weighted by Crippen LogP contribution is 2.38. The van der Waals surface area contributed by atoms with Crippen LogP contribution in [0.2, 0.25) is 0 Å². The molecule has 0 aliphatic carbocycles. The second-order valence-electron chi connectivity index (χ2n) is 7.97. The van der Waals surface area contributed by atoms with Crippen LogP contribution in [-0.2, 0) is 14.2 Å². The van der Waals surface area contributed by atoms with Crippen LogP contribution in [0, 0.1) is 0 Å². The van der Waals surface area contributed by atoms with Crippen molar-refractivity contribution in [3.63, 3.8) is 0 Å². The van der Waals surface area contributed by atoms with Gasteiger partial charge >= 0.3 is 6.16 Å². The van der Waals surface area contributed by atoms with Gasteiger partial charge in [0.2, 0.25) is 0 Å². The van der Waals surface area contributed by atoms with E-state index in [1.165, 1.54) is 16.7 Å². The van der Waals surface area contributed by atoms with Crippen molar-refractivity contribution in [1.29, 1.82) is 0 Å². The number of hydrogen-bond acceptors (Lipinski definition) is 4. The Bertz CT molecular complexity index is 555. The third-order valence-electron chi connectivity index (χ3n) is 4.92. The van der Waals surface area contributed by atoms with Gasteiger partial charge < -0.3 is 14.2 Å². The van der Waals surface area contributed by atoms with Crippen LogP contribution in [0.15, 0.2) is 34.9 Å². The fraction of sp³-hybridized carbons (Fsp3) is 0.696. The minimum Gasteiger partial charge on any atom is -0.435 e. The first-order chi connectivity index (χ1) is 12.7. The predicted molar refractivity (Wildman–Crippen MR) is 111 cm³/mol. The lowest BCUT2D eigenvalue weighted by Gasteiger charge is -2.04. The van der Waals surface area contributed by atoms with Gasteiger partial charge in [0.25, 0.3) is 0 Å². The van der Waals surface area contributed by atoms with Crippen LogP contribution in [0.1, 0.15) is 80.1 Å². The van der Waals surface area contributed by atoms with E-state index >= 15 is 0 Å². The number of hydrogen-bond donors (Lipinski definition) is 0. The zero-order valence-electron chi connectivity index (χ0n) is 18.1. The van der Waals surface area contributed by atoms with E-state index in [0.717, 1.165) is 38.5 Å². The molecule has 1 heterocycles. The second-order valence-corrected chi connectivity index (χ2v) is 7.97. The van der Waals surface area contributed by atoms with Crippen molar-refractivity contribution >= 4 is 6.16 Å². The monoisotopic (exact) mass is 378 g/mol. The van der Waals surface area contributed by atoms with Crippen LogP contribution in [0.3, 0.4) is 0 Å². The Kier molecular flexibility index (Phi) is 10.5. The van der Waals surface area contributed by atoms with Crippen molar-refractivity contribution in [3.8, 4) is 0 Å². The highest BCUT2D eigenvalue weighted by Gasteiger charge is 2.46. The first-order valence-corrected chi connectivity index (χ1v) is 10.2. The van der Waals surface area contributed by atoms with Gasteiger partial charge in [0, 0.05) is 0 Å². The molecular formula is C23H38O4. The molecule has 1 aliphatic rings. The summed E-state index contributed by atoms with van der Waals surface area (Å²) >= 11 is 0. The molecule has 0 spiro atoms. The highest BCUT2D eigenvalue weighted by molar-refractivity contribution is 5.59. The summed E-state index contributed by atoms with van der Waals surface area (Å²) in [5, 5.41) is 0. The molecule has 1 atom stereocenters. The van der Waals surface area contributed by atoms with Crippen LogP contribution < -0.4 is 0 Å². The van der Waals surface area contributed by atoms with E-state index in [9.17, 15) is 4.79 Å². The van der Waals surface area contributed by atoms with Gasteiger partial charge in [-0.15, -0.1) is 0 Å². The Morgan fingerprint density at radius 2 is 1.44 bits per heavy atom. The molecule has 27 heavy (non-hydrogen) atoms. The van der Waals surface area contributed by atoms with E-state index in [2.05, 4.69) is 46.8 Å². The molecule has 1 saturated heterocycles. The summed E-state index contributed by atoms with van der Waals surface area (Å²) in [6, 6.07) is 0. The lowest BCUT2D eigenvalue weighted by Crippen LogP contribution is -2.06. The zero-order chi connectivity index (χ0) is 20.3. The number of epoxide rings is 1. The molecule has 4 heteroatoms. The third kappa shape index (κ3) is 11.0. The number of rotatable bonds is 12. The van der Waals surface area contributed by atoms with Crippen molar-refractivity contribution in [2.75, 3.05) is 13.2 Å². The summed E-state index contributed by atoms with van der Waals surface area (Å²) in [6.45, 7) is 13.2. The minimum atomic E-state index is -0.603. The molecule has 1 rings (SSSR count). The third-order valence-corrected chi connectivity index (χ3v) is 4.92. The summed E-state index contributed by atoms with van der Waals surface area (Å²) in [5.41, 5.74) is 4.23. The number of carbonyl (C=O) groups is 1. The standard InChI is InChI=1S/C23H38O4/c1-7-25-22(24)26-17-16-20(4)13-9-11-18(2)10-8-12-19(3)14-15-21-23(5,6)27-21/h11-12,16,21H,7-10,13-15,17H2,1-6H3/b18-11+,19-12+,20-16+. The maximum Gasteiger partial charge on any atom is 0.508 e. The van der Waals surface area contributed by atoms with E-state index < -0.39 is 6.16 Å². The van der Waals surface area contributed by atoms with Crippen molar-refractivity contribution < 1.29 is 19.0 Å². The topological polar surface area (TPSA) is 48.1 Å². The van der Waals surface area contributed by atoms with Crippen LogP contribution in [-0.4, -0.2) is 31.1 Å². The normalized spacial score (nSPS) is 19.8.